The Morgan fingerprint density at radius 1 is 0.967 bits per heavy atom. The van der Waals surface area contributed by atoms with E-state index >= 15 is 0 Å². The predicted octanol–water partition coefficient (Wildman–Crippen LogP) is 4.97. The summed E-state index contributed by atoms with van der Waals surface area (Å²) in [6.07, 6.45) is 0. The molecule has 1 N–H and O–H groups in total. The maximum Gasteiger partial charge on any atom is 0.318 e. The fourth-order valence-electron chi connectivity index (χ4n) is 3.09. The third-order valence-corrected chi connectivity index (χ3v) is 5.01. The zero-order valence-electron chi connectivity index (χ0n) is 16.7. The third-order valence-electron chi connectivity index (χ3n) is 4.60. The molecule has 0 aliphatic heterocycles. The molecule has 3 rings (SSSR count). The maximum atomic E-state index is 12.9. The minimum Gasteiger partial charge on any atom is -0.495 e. The van der Waals surface area contributed by atoms with Gasteiger partial charge in [-0.3, -0.25) is 9.59 Å². The molecule has 154 valence electrons. The van der Waals surface area contributed by atoms with Gasteiger partial charge < -0.3 is 14.8 Å². The van der Waals surface area contributed by atoms with Crippen molar-refractivity contribution in [1.82, 2.24) is 0 Å². The molecule has 0 bridgehead atoms. The highest BCUT2D eigenvalue weighted by molar-refractivity contribution is 6.31. The molecule has 3 aromatic carbocycles. The van der Waals surface area contributed by atoms with E-state index in [1.54, 1.807) is 12.1 Å². The van der Waals surface area contributed by atoms with Gasteiger partial charge in [0.05, 0.1) is 12.8 Å². The van der Waals surface area contributed by atoms with Gasteiger partial charge in [0.2, 0.25) is 0 Å². The van der Waals surface area contributed by atoms with Crippen LogP contribution in [0.5, 0.6) is 5.75 Å². The van der Waals surface area contributed by atoms with Gasteiger partial charge in [-0.15, -0.1) is 0 Å². The van der Waals surface area contributed by atoms with E-state index in [9.17, 15) is 9.59 Å². The number of esters is 1. The predicted molar refractivity (Wildman–Crippen MR) is 117 cm³/mol. The Kier molecular flexibility index (Phi) is 7.09. The Morgan fingerprint density at radius 3 is 2.07 bits per heavy atom. The molecule has 5 nitrogen and oxygen atoms in total. The number of carbonyl (C=O) groups is 2. The summed E-state index contributed by atoms with van der Waals surface area (Å²) in [6, 6.07) is 22.0. The molecule has 0 fully saturated rings. The molecule has 3 aromatic rings. The van der Waals surface area contributed by atoms with Crippen LogP contribution in [0.15, 0.2) is 72.8 Å². The van der Waals surface area contributed by atoms with E-state index in [4.69, 9.17) is 21.1 Å². The minimum atomic E-state index is -0.618. The number of benzene rings is 3. The van der Waals surface area contributed by atoms with Crippen LogP contribution in [0.3, 0.4) is 0 Å². The number of hydrogen-bond acceptors (Lipinski definition) is 4. The second-order valence-electron chi connectivity index (χ2n) is 6.71. The van der Waals surface area contributed by atoms with Gasteiger partial charge in [-0.05, 0) is 29.7 Å². The third kappa shape index (κ3) is 5.19. The molecule has 0 saturated heterocycles. The lowest BCUT2D eigenvalue weighted by Crippen LogP contribution is -2.24. The Bertz CT molecular complexity index is 983. The van der Waals surface area contributed by atoms with Gasteiger partial charge in [-0.2, -0.15) is 0 Å². The van der Waals surface area contributed by atoms with E-state index < -0.39 is 24.4 Å². The Balaban J connectivity index is 1.71. The molecule has 0 unspecified atom stereocenters. The summed E-state index contributed by atoms with van der Waals surface area (Å²) in [5.74, 6) is -1.16. The van der Waals surface area contributed by atoms with Gasteiger partial charge in [0.1, 0.15) is 11.7 Å². The second kappa shape index (κ2) is 9.94. The number of rotatable bonds is 7. The van der Waals surface area contributed by atoms with Crippen molar-refractivity contribution in [2.75, 3.05) is 19.0 Å². The number of methoxy groups -OCH3 is 1. The van der Waals surface area contributed by atoms with E-state index in [0.717, 1.165) is 16.7 Å². The Hall–Kier alpha value is -3.31. The number of anilines is 1. The lowest BCUT2D eigenvalue weighted by atomic mass is 9.91. The quantitative estimate of drug-likeness (QED) is 0.545. The molecular weight excluding hydrogens is 402 g/mol. The van der Waals surface area contributed by atoms with Crippen LogP contribution in [-0.2, 0) is 14.3 Å². The maximum absolute atomic E-state index is 12.9. The summed E-state index contributed by atoms with van der Waals surface area (Å²) in [5.41, 5.74) is 2.84. The lowest BCUT2D eigenvalue weighted by molar-refractivity contribution is -0.147. The fourth-order valence-corrected chi connectivity index (χ4v) is 3.25. The van der Waals surface area contributed by atoms with E-state index in [-0.39, 0.29) is 0 Å². The number of carbonyl (C=O) groups excluding carboxylic acids is 2. The molecule has 0 heterocycles. The van der Waals surface area contributed by atoms with E-state index in [2.05, 4.69) is 5.32 Å². The Labute approximate surface area is 180 Å². The lowest BCUT2D eigenvalue weighted by Gasteiger charge is -2.17. The molecule has 0 radical (unpaired) electrons. The molecular formula is C24H22ClNO4. The van der Waals surface area contributed by atoms with Gasteiger partial charge >= 0.3 is 5.97 Å². The largest absolute Gasteiger partial charge is 0.495 e. The molecule has 0 aliphatic carbocycles. The normalized spacial score (nSPS) is 10.5. The first-order chi connectivity index (χ1) is 14.5. The van der Waals surface area contributed by atoms with Crippen molar-refractivity contribution in [2.45, 2.75) is 12.8 Å². The smallest absolute Gasteiger partial charge is 0.318 e. The first-order valence-electron chi connectivity index (χ1n) is 9.40. The molecule has 0 spiro atoms. The van der Waals surface area contributed by atoms with Crippen LogP contribution < -0.4 is 10.1 Å². The average molecular weight is 424 g/mol. The van der Waals surface area contributed by atoms with Crippen LogP contribution in [0.2, 0.25) is 5.02 Å². The van der Waals surface area contributed by atoms with Crippen LogP contribution in [0.4, 0.5) is 5.69 Å². The van der Waals surface area contributed by atoms with Crippen molar-refractivity contribution in [1.29, 1.82) is 0 Å². The van der Waals surface area contributed by atoms with Gasteiger partial charge in [0, 0.05) is 11.1 Å². The van der Waals surface area contributed by atoms with Crippen molar-refractivity contribution in [3.63, 3.8) is 0 Å². The SMILES string of the molecule is COc1cc(Cl)c(C)cc1NC(=O)COC(=O)C(c1ccccc1)c1ccccc1. The number of ether oxygens (including phenoxy) is 2. The number of amides is 1. The van der Waals surface area contributed by atoms with E-state index in [1.807, 2.05) is 67.6 Å². The van der Waals surface area contributed by atoms with Crippen LogP contribution in [0, 0.1) is 6.92 Å². The minimum absolute atomic E-state index is 0.417. The highest BCUT2D eigenvalue weighted by Crippen LogP contribution is 2.31. The summed E-state index contributed by atoms with van der Waals surface area (Å²) in [5, 5.41) is 3.24. The van der Waals surface area contributed by atoms with Crippen molar-refractivity contribution < 1.29 is 19.1 Å². The monoisotopic (exact) mass is 423 g/mol. The number of nitrogens with one attached hydrogen (secondary N) is 1. The average Bonchev–Trinajstić information content (AvgIpc) is 2.76. The molecule has 6 heteroatoms. The van der Waals surface area contributed by atoms with Crippen molar-refractivity contribution in [3.8, 4) is 5.75 Å². The number of aryl methyl sites for hydroxylation is 1. The Morgan fingerprint density at radius 2 is 1.53 bits per heavy atom. The summed E-state index contributed by atoms with van der Waals surface area (Å²) < 4.78 is 10.6. The first kappa shape index (κ1) is 21.4. The summed E-state index contributed by atoms with van der Waals surface area (Å²) in [7, 11) is 1.49. The zero-order chi connectivity index (χ0) is 21.5. The van der Waals surface area contributed by atoms with Gasteiger partial charge in [0.15, 0.2) is 6.61 Å². The number of halogens is 1. The van der Waals surface area contributed by atoms with Crippen molar-refractivity contribution in [3.05, 3.63) is 94.5 Å². The van der Waals surface area contributed by atoms with E-state index in [0.29, 0.717) is 16.5 Å². The molecule has 0 aromatic heterocycles. The van der Waals surface area contributed by atoms with Crippen molar-refractivity contribution in [2.24, 2.45) is 0 Å². The molecule has 0 atom stereocenters. The van der Waals surface area contributed by atoms with E-state index in [1.165, 1.54) is 7.11 Å². The molecule has 1 amide bonds. The van der Waals surface area contributed by atoms with Crippen LogP contribution in [0.1, 0.15) is 22.6 Å². The molecule has 0 saturated carbocycles. The zero-order valence-corrected chi connectivity index (χ0v) is 17.5. The van der Waals surface area contributed by atoms with Crippen molar-refractivity contribution >= 4 is 29.2 Å². The summed E-state index contributed by atoms with van der Waals surface area (Å²) in [4.78, 5) is 25.3. The summed E-state index contributed by atoms with van der Waals surface area (Å²) >= 11 is 6.09. The highest BCUT2D eigenvalue weighted by Gasteiger charge is 2.25. The van der Waals surface area contributed by atoms with Crippen LogP contribution >= 0.6 is 11.6 Å². The van der Waals surface area contributed by atoms with Crippen LogP contribution in [0.25, 0.3) is 0 Å². The fraction of sp³-hybridized carbons (Fsp3) is 0.167. The topological polar surface area (TPSA) is 64.6 Å². The molecule has 30 heavy (non-hydrogen) atoms. The highest BCUT2D eigenvalue weighted by atomic mass is 35.5. The molecule has 0 aliphatic rings. The second-order valence-corrected chi connectivity index (χ2v) is 7.12. The van der Waals surface area contributed by atoms with Gasteiger partial charge in [0.25, 0.3) is 5.91 Å². The summed E-state index contributed by atoms with van der Waals surface area (Å²) in [6.45, 7) is 1.40. The van der Waals surface area contributed by atoms with Crippen LogP contribution in [-0.4, -0.2) is 25.6 Å². The number of hydrogen-bond donors (Lipinski definition) is 1. The standard InChI is InChI=1S/C24H22ClNO4/c1-16-13-20(21(29-2)14-19(16)25)26-22(27)15-30-24(28)23(17-9-5-3-6-10-17)18-11-7-4-8-12-18/h3-14,23H,15H2,1-2H3,(H,26,27). The van der Waals surface area contributed by atoms with Gasteiger partial charge in [-0.1, -0.05) is 72.3 Å². The first-order valence-corrected chi connectivity index (χ1v) is 9.78. The van der Waals surface area contributed by atoms with Gasteiger partial charge in [-0.25, -0.2) is 0 Å².